The van der Waals surface area contributed by atoms with E-state index >= 15 is 0 Å². The molecular weight excluding hydrogens is 264 g/mol. The van der Waals surface area contributed by atoms with Crippen LogP contribution in [-0.4, -0.2) is 36.6 Å². The molecule has 0 saturated heterocycles. The Kier molecular flexibility index (Phi) is 7.23. The van der Waals surface area contributed by atoms with E-state index in [9.17, 15) is 9.59 Å². The van der Waals surface area contributed by atoms with Crippen LogP contribution >= 0.6 is 0 Å². The van der Waals surface area contributed by atoms with Crippen molar-refractivity contribution in [2.45, 2.75) is 13.8 Å². The van der Waals surface area contributed by atoms with Gasteiger partial charge in [0.1, 0.15) is 0 Å². The fourth-order valence-electron chi connectivity index (χ4n) is 1.23. The highest BCUT2D eigenvalue weighted by Gasteiger charge is 2.34. The second-order valence-corrected chi connectivity index (χ2v) is 3.46. The maximum absolute atomic E-state index is 11.4. The summed E-state index contributed by atoms with van der Waals surface area (Å²) >= 11 is 0. The average Bonchev–Trinajstić information content (AvgIpc) is 2.40. The van der Waals surface area contributed by atoms with Gasteiger partial charge in [-0.2, -0.15) is 10.5 Å². The van der Waals surface area contributed by atoms with E-state index in [4.69, 9.17) is 21.3 Å². The summed E-state index contributed by atoms with van der Waals surface area (Å²) in [5.74, 6) is -5.28. The van der Waals surface area contributed by atoms with Crippen LogP contribution in [0.25, 0.3) is 0 Å². The van der Waals surface area contributed by atoms with Gasteiger partial charge in [-0.3, -0.25) is 9.59 Å². The van der Waals surface area contributed by atoms with Gasteiger partial charge in [-0.05, 0) is 13.8 Å². The zero-order chi connectivity index (χ0) is 15.7. The highest BCUT2D eigenvalue weighted by molar-refractivity contribution is 6.47. The van der Waals surface area contributed by atoms with Crippen LogP contribution in [-0.2, 0) is 19.1 Å². The quantitative estimate of drug-likeness (QED) is 0.509. The van der Waals surface area contributed by atoms with Gasteiger partial charge in [-0.15, -0.1) is 0 Å². The van der Waals surface area contributed by atoms with Gasteiger partial charge in [0.2, 0.25) is 0 Å². The normalized spacial score (nSPS) is 12.2. The first-order chi connectivity index (χ1) is 9.44. The number of nitriles is 2. The summed E-state index contributed by atoms with van der Waals surface area (Å²) in [4.78, 5) is 22.9. The maximum atomic E-state index is 11.4. The Bertz CT molecular complexity index is 455. The molecule has 0 aliphatic carbocycles. The van der Waals surface area contributed by atoms with E-state index in [0.29, 0.717) is 0 Å². The molecule has 0 spiro atoms. The summed E-state index contributed by atoms with van der Waals surface area (Å²) < 4.78 is 9.18. The fourth-order valence-corrected chi connectivity index (χ4v) is 1.23. The summed E-state index contributed by atoms with van der Waals surface area (Å²) in [5, 5.41) is 32.9. The lowest BCUT2D eigenvalue weighted by molar-refractivity contribution is -0.145. The van der Waals surface area contributed by atoms with E-state index in [-0.39, 0.29) is 13.2 Å². The van der Waals surface area contributed by atoms with Gasteiger partial charge in [0, 0.05) is 0 Å². The number of carbonyl (C=O) groups excluding carboxylic acids is 2. The third-order valence-corrected chi connectivity index (χ3v) is 2.17. The van der Waals surface area contributed by atoms with Gasteiger partial charge in [-0.1, -0.05) is 0 Å². The summed E-state index contributed by atoms with van der Waals surface area (Å²) in [6.45, 7) is 3.07. The minimum atomic E-state index is -1.65. The van der Waals surface area contributed by atoms with Crippen molar-refractivity contribution in [2.75, 3.05) is 13.2 Å². The number of ether oxygens (including phenoxy) is 2. The molecule has 8 heteroatoms. The van der Waals surface area contributed by atoms with Crippen molar-refractivity contribution in [1.82, 2.24) is 0 Å². The van der Waals surface area contributed by atoms with Gasteiger partial charge in [0.05, 0.1) is 36.8 Å². The number of carbonyl (C=O) groups is 2. The number of hydrogen-bond donors (Lipinski definition) is 2. The highest BCUT2D eigenvalue weighted by Crippen LogP contribution is 2.09. The van der Waals surface area contributed by atoms with Crippen LogP contribution < -0.4 is 0 Å². The molecule has 0 aliphatic rings. The molecule has 8 nitrogen and oxygen atoms in total. The lowest BCUT2D eigenvalue weighted by Gasteiger charge is -2.13. The molecule has 0 saturated carbocycles. The topological polar surface area (TPSA) is 148 Å². The first-order valence-electron chi connectivity index (χ1n) is 5.74. The van der Waals surface area contributed by atoms with E-state index in [2.05, 4.69) is 9.47 Å². The SMILES string of the molecule is CCOC(=O)[C@H](C#N)C(=N)C(=N)[C@H](C#N)C(=O)OCC. The van der Waals surface area contributed by atoms with Crippen molar-refractivity contribution in [3.8, 4) is 12.1 Å². The molecule has 0 fully saturated rings. The van der Waals surface area contributed by atoms with Crippen LogP contribution in [0.15, 0.2) is 0 Å². The molecule has 0 amide bonds. The Morgan fingerprint density at radius 3 is 1.45 bits per heavy atom. The Hall–Kier alpha value is -2.74. The molecule has 0 unspecified atom stereocenters. The molecular formula is C12H14N4O4. The maximum Gasteiger partial charge on any atom is 0.329 e. The summed E-state index contributed by atoms with van der Waals surface area (Å²) in [6.07, 6.45) is 0. The smallest absolute Gasteiger partial charge is 0.329 e. The van der Waals surface area contributed by atoms with Crippen molar-refractivity contribution in [3.05, 3.63) is 0 Å². The van der Waals surface area contributed by atoms with Crippen LogP contribution in [0, 0.1) is 45.3 Å². The molecule has 0 aromatic carbocycles. The van der Waals surface area contributed by atoms with E-state index in [0.717, 1.165) is 0 Å². The van der Waals surface area contributed by atoms with Crippen molar-refractivity contribution in [1.29, 1.82) is 21.3 Å². The number of esters is 2. The minimum Gasteiger partial charge on any atom is -0.465 e. The zero-order valence-corrected chi connectivity index (χ0v) is 11.1. The molecule has 20 heavy (non-hydrogen) atoms. The van der Waals surface area contributed by atoms with Crippen molar-refractivity contribution >= 4 is 23.4 Å². The largest absolute Gasteiger partial charge is 0.465 e. The second-order valence-electron chi connectivity index (χ2n) is 3.46. The zero-order valence-electron chi connectivity index (χ0n) is 11.1. The second kappa shape index (κ2) is 8.38. The molecule has 0 radical (unpaired) electrons. The first-order valence-corrected chi connectivity index (χ1v) is 5.74. The number of hydrogen-bond acceptors (Lipinski definition) is 8. The van der Waals surface area contributed by atoms with Crippen LogP contribution in [0.2, 0.25) is 0 Å². The third kappa shape index (κ3) is 4.18. The van der Waals surface area contributed by atoms with Gasteiger partial charge >= 0.3 is 11.9 Å². The number of rotatable bonds is 7. The summed E-state index contributed by atoms with van der Waals surface area (Å²) in [5.41, 5.74) is -1.49. The summed E-state index contributed by atoms with van der Waals surface area (Å²) in [7, 11) is 0. The number of nitrogens with zero attached hydrogens (tertiary/aromatic N) is 2. The molecule has 0 aromatic heterocycles. The van der Waals surface area contributed by atoms with E-state index in [1.54, 1.807) is 0 Å². The molecule has 0 bridgehead atoms. The lowest BCUT2D eigenvalue weighted by Crippen LogP contribution is -2.36. The van der Waals surface area contributed by atoms with Crippen molar-refractivity contribution in [2.24, 2.45) is 11.8 Å². The molecule has 0 aromatic rings. The van der Waals surface area contributed by atoms with Crippen molar-refractivity contribution < 1.29 is 19.1 Å². The molecule has 0 aliphatic heterocycles. The monoisotopic (exact) mass is 278 g/mol. The molecule has 106 valence electrons. The van der Waals surface area contributed by atoms with Gasteiger partial charge in [0.25, 0.3) is 0 Å². The Morgan fingerprint density at radius 2 is 1.25 bits per heavy atom. The Morgan fingerprint density at radius 1 is 0.950 bits per heavy atom. The standard InChI is InChI=1S/C12H14N4O4/c1-3-19-11(17)7(5-13)9(15)10(16)8(6-14)12(18)20-4-2/h7-8,15-16H,3-4H2,1-2H3/t7-,8+. The lowest BCUT2D eigenvalue weighted by atomic mass is 9.93. The third-order valence-electron chi connectivity index (χ3n) is 2.17. The Labute approximate surface area is 115 Å². The number of nitrogens with one attached hydrogen (secondary N) is 2. The predicted octanol–water partition coefficient (Wildman–Crippen LogP) is 0.432. The average molecular weight is 278 g/mol. The van der Waals surface area contributed by atoms with Crippen LogP contribution in [0.1, 0.15) is 13.8 Å². The minimum absolute atomic E-state index is 0.0111. The fraction of sp³-hybridized carbons (Fsp3) is 0.500. The highest BCUT2D eigenvalue weighted by atomic mass is 16.5. The molecule has 2 N–H and O–H groups in total. The van der Waals surface area contributed by atoms with Crippen LogP contribution in [0.4, 0.5) is 0 Å². The molecule has 2 atom stereocenters. The molecule has 0 rings (SSSR count). The van der Waals surface area contributed by atoms with Gasteiger partial charge < -0.3 is 20.3 Å². The van der Waals surface area contributed by atoms with Crippen LogP contribution in [0.5, 0.6) is 0 Å². The first kappa shape index (κ1) is 17.3. The van der Waals surface area contributed by atoms with E-state index in [1.807, 2.05) is 0 Å². The van der Waals surface area contributed by atoms with Crippen molar-refractivity contribution in [3.63, 3.8) is 0 Å². The summed E-state index contributed by atoms with van der Waals surface area (Å²) in [6, 6.07) is 3.03. The van der Waals surface area contributed by atoms with E-state index in [1.165, 1.54) is 26.0 Å². The van der Waals surface area contributed by atoms with E-state index < -0.39 is 35.2 Å². The van der Waals surface area contributed by atoms with Crippen LogP contribution in [0.3, 0.4) is 0 Å². The van der Waals surface area contributed by atoms with Gasteiger partial charge in [-0.25, -0.2) is 0 Å². The predicted molar refractivity (Wildman–Crippen MR) is 66.9 cm³/mol. The Balaban J connectivity index is 5.12. The molecule has 0 heterocycles. The van der Waals surface area contributed by atoms with Gasteiger partial charge in [0.15, 0.2) is 11.8 Å².